The lowest BCUT2D eigenvalue weighted by atomic mass is 9.81. The number of imide groups is 1. The third kappa shape index (κ3) is 2.68. The predicted octanol–water partition coefficient (Wildman–Crippen LogP) is 1.77. The number of methoxy groups -OCH3 is 1. The minimum atomic E-state index is -1.66. The molecule has 2 aliphatic rings. The molecule has 1 fully saturated rings. The number of allylic oxidation sites excluding steroid dienone is 1. The van der Waals surface area contributed by atoms with Crippen LogP contribution < -0.4 is 0 Å². The molecule has 2 heterocycles. The van der Waals surface area contributed by atoms with Crippen LogP contribution in [0.4, 0.5) is 4.79 Å². The first-order valence-corrected chi connectivity index (χ1v) is 8.53. The Hall–Kier alpha value is -3.16. The molecule has 2 unspecified atom stereocenters. The van der Waals surface area contributed by atoms with Crippen LogP contribution in [-0.2, 0) is 9.53 Å². The Morgan fingerprint density at radius 2 is 1.89 bits per heavy atom. The van der Waals surface area contributed by atoms with Crippen molar-refractivity contribution in [3.05, 3.63) is 48.0 Å². The summed E-state index contributed by atoms with van der Waals surface area (Å²) in [5.74, 6) is -2.34. The van der Waals surface area contributed by atoms with Crippen LogP contribution in [0.15, 0.2) is 36.9 Å². The highest BCUT2D eigenvalue weighted by Gasteiger charge is 2.59. The van der Waals surface area contributed by atoms with Gasteiger partial charge in [0.15, 0.2) is 5.54 Å². The van der Waals surface area contributed by atoms with Crippen molar-refractivity contribution in [3.8, 4) is 0 Å². The third-order valence-corrected chi connectivity index (χ3v) is 5.36. The molecule has 0 aliphatic carbocycles. The first kappa shape index (κ1) is 18.6. The zero-order chi connectivity index (χ0) is 19.8. The summed E-state index contributed by atoms with van der Waals surface area (Å²) in [4.78, 5) is 52.1. The molecule has 0 saturated carbocycles. The van der Waals surface area contributed by atoms with Crippen LogP contribution in [0, 0.1) is 5.92 Å². The summed E-state index contributed by atoms with van der Waals surface area (Å²) in [7, 11) is 1.16. The van der Waals surface area contributed by atoms with Crippen LogP contribution in [0.1, 0.15) is 33.6 Å². The maximum atomic E-state index is 12.8. The average Bonchev–Trinajstić information content (AvgIpc) is 3.14. The Morgan fingerprint density at radius 3 is 2.37 bits per heavy atom. The van der Waals surface area contributed by atoms with E-state index in [1.807, 2.05) is 0 Å². The van der Waals surface area contributed by atoms with Crippen LogP contribution in [0.2, 0.25) is 0 Å². The van der Waals surface area contributed by atoms with Gasteiger partial charge in [0.2, 0.25) is 0 Å². The molecule has 0 spiro atoms. The van der Waals surface area contributed by atoms with Gasteiger partial charge in [-0.2, -0.15) is 0 Å². The highest BCUT2D eigenvalue weighted by Crippen LogP contribution is 2.41. The van der Waals surface area contributed by atoms with Crippen molar-refractivity contribution < 1.29 is 29.0 Å². The van der Waals surface area contributed by atoms with Crippen molar-refractivity contribution in [1.82, 2.24) is 9.80 Å². The van der Waals surface area contributed by atoms with Crippen LogP contribution in [0.25, 0.3) is 0 Å². The van der Waals surface area contributed by atoms with E-state index in [1.165, 1.54) is 12.1 Å². The van der Waals surface area contributed by atoms with Crippen LogP contribution in [0.5, 0.6) is 0 Å². The smallest absolute Gasteiger partial charge is 0.408 e. The fraction of sp³-hybridized carbons (Fsp3) is 0.368. The molecule has 0 aromatic heterocycles. The highest BCUT2D eigenvalue weighted by molar-refractivity contribution is 6.21. The molecule has 0 bridgehead atoms. The molecule has 1 aromatic carbocycles. The van der Waals surface area contributed by atoms with Crippen LogP contribution >= 0.6 is 0 Å². The van der Waals surface area contributed by atoms with Gasteiger partial charge in [-0.25, -0.2) is 9.59 Å². The van der Waals surface area contributed by atoms with Crippen LogP contribution in [0.3, 0.4) is 0 Å². The van der Waals surface area contributed by atoms with E-state index in [0.717, 1.165) is 16.9 Å². The lowest BCUT2D eigenvalue weighted by Gasteiger charge is -2.39. The number of fused-ring (bicyclic) bond motifs is 1. The van der Waals surface area contributed by atoms with Crippen molar-refractivity contribution in [1.29, 1.82) is 0 Å². The van der Waals surface area contributed by atoms with E-state index in [4.69, 9.17) is 4.74 Å². The van der Waals surface area contributed by atoms with Gasteiger partial charge in [-0.05, 0) is 25.0 Å². The maximum absolute atomic E-state index is 12.8. The molecule has 1 N–H and O–H groups in total. The molecule has 8 nitrogen and oxygen atoms in total. The molecule has 2 aliphatic heterocycles. The molecule has 27 heavy (non-hydrogen) atoms. The molecule has 8 heteroatoms. The SMILES string of the molecule is C=CCC1CCN(C(=O)O)C1(CN1C(=O)c2ccccc2C1=O)C(=O)OC. The third-order valence-electron chi connectivity index (χ3n) is 5.36. The molecule has 1 aromatic rings. The van der Waals surface area contributed by atoms with Gasteiger partial charge in [0.1, 0.15) is 0 Å². The molecule has 1 saturated heterocycles. The Morgan fingerprint density at radius 1 is 1.30 bits per heavy atom. The van der Waals surface area contributed by atoms with E-state index in [9.17, 15) is 24.3 Å². The quantitative estimate of drug-likeness (QED) is 0.480. The van der Waals surface area contributed by atoms with E-state index in [1.54, 1.807) is 18.2 Å². The molecule has 3 rings (SSSR count). The summed E-state index contributed by atoms with van der Waals surface area (Å²) in [5, 5.41) is 9.66. The number of nitrogens with zero attached hydrogens (tertiary/aromatic N) is 2. The van der Waals surface area contributed by atoms with Gasteiger partial charge in [-0.15, -0.1) is 6.58 Å². The first-order valence-electron chi connectivity index (χ1n) is 8.53. The van der Waals surface area contributed by atoms with E-state index in [2.05, 4.69) is 6.58 Å². The number of ether oxygens (including phenoxy) is 1. The van der Waals surface area contributed by atoms with Crippen LogP contribution in [-0.4, -0.2) is 64.5 Å². The van der Waals surface area contributed by atoms with Crippen molar-refractivity contribution in [2.45, 2.75) is 18.4 Å². The Labute approximate surface area is 156 Å². The number of esters is 1. The second-order valence-corrected chi connectivity index (χ2v) is 6.60. The topological polar surface area (TPSA) is 104 Å². The number of amides is 3. The second kappa shape index (κ2) is 6.86. The van der Waals surface area contributed by atoms with Gasteiger partial charge >= 0.3 is 12.1 Å². The lowest BCUT2D eigenvalue weighted by Crippen LogP contribution is -2.63. The number of hydrogen-bond donors (Lipinski definition) is 1. The van der Waals surface area contributed by atoms with E-state index in [0.29, 0.717) is 12.8 Å². The molecule has 3 amide bonds. The van der Waals surface area contributed by atoms with E-state index >= 15 is 0 Å². The first-order chi connectivity index (χ1) is 12.9. The molecule has 142 valence electrons. The number of likely N-dealkylation sites (tertiary alicyclic amines) is 1. The van der Waals surface area contributed by atoms with Crippen molar-refractivity contribution >= 4 is 23.9 Å². The van der Waals surface area contributed by atoms with Gasteiger partial charge < -0.3 is 9.84 Å². The lowest BCUT2D eigenvalue weighted by molar-refractivity contribution is -0.155. The summed E-state index contributed by atoms with van der Waals surface area (Å²) in [6.07, 6.45) is 1.04. The van der Waals surface area contributed by atoms with Gasteiger partial charge in [-0.1, -0.05) is 18.2 Å². The Balaban J connectivity index is 2.07. The zero-order valence-corrected chi connectivity index (χ0v) is 14.9. The average molecular weight is 372 g/mol. The fourth-order valence-electron chi connectivity index (χ4n) is 4.08. The summed E-state index contributed by atoms with van der Waals surface area (Å²) in [6, 6.07) is 6.35. The minimum Gasteiger partial charge on any atom is -0.467 e. The fourth-order valence-corrected chi connectivity index (χ4v) is 4.08. The van der Waals surface area contributed by atoms with Gasteiger partial charge in [0.05, 0.1) is 24.8 Å². The number of benzene rings is 1. The zero-order valence-electron chi connectivity index (χ0n) is 14.9. The molecule has 0 radical (unpaired) electrons. The monoisotopic (exact) mass is 372 g/mol. The molecular formula is C19H20N2O6. The number of hydrogen-bond acceptors (Lipinski definition) is 5. The standard InChI is InChI=1S/C19H20N2O6/c1-3-6-12-9-10-21(18(25)26)19(12,17(24)27-2)11-20-15(22)13-7-4-5-8-14(13)16(20)23/h3-5,7-8,12H,1,6,9-11H2,2H3,(H,25,26). The number of rotatable bonds is 5. The van der Waals surface area contributed by atoms with Crippen molar-refractivity contribution in [2.24, 2.45) is 5.92 Å². The number of carbonyl (C=O) groups is 4. The van der Waals surface area contributed by atoms with E-state index < -0.39 is 41.9 Å². The maximum Gasteiger partial charge on any atom is 0.408 e. The Bertz CT molecular complexity index is 800. The van der Waals surface area contributed by atoms with E-state index in [-0.39, 0.29) is 17.7 Å². The molecular weight excluding hydrogens is 352 g/mol. The van der Waals surface area contributed by atoms with Gasteiger partial charge in [-0.3, -0.25) is 19.4 Å². The summed E-state index contributed by atoms with van der Waals surface area (Å²) in [6.45, 7) is 3.38. The number of carbonyl (C=O) groups excluding carboxylic acids is 3. The highest BCUT2D eigenvalue weighted by atomic mass is 16.5. The normalized spacial score (nSPS) is 24.1. The number of carboxylic acid groups (broad SMARTS) is 1. The van der Waals surface area contributed by atoms with Gasteiger partial charge in [0.25, 0.3) is 11.8 Å². The largest absolute Gasteiger partial charge is 0.467 e. The summed E-state index contributed by atoms with van der Waals surface area (Å²) >= 11 is 0. The minimum absolute atomic E-state index is 0.103. The van der Waals surface area contributed by atoms with Gasteiger partial charge in [0, 0.05) is 12.5 Å². The summed E-state index contributed by atoms with van der Waals surface area (Å²) < 4.78 is 4.92. The predicted molar refractivity (Wildman–Crippen MR) is 94.2 cm³/mol. The summed E-state index contributed by atoms with van der Waals surface area (Å²) in [5.41, 5.74) is -1.19. The second-order valence-electron chi connectivity index (χ2n) is 6.60. The molecule has 2 atom stereocenters. The Kier molecular flexibility index (Phi) is 4.73. The van der Waals surface area contributed by atoms with Crippen molar-refractivity contribution in [3.63, 3.8) is 0 Å². The van der Waals surface area contributed by atoms with Crippen molar-refractivity contribution in [2.75, 3.05) is 20.2 Å².